The Labute approximate surface area is 147 Å². The fourth-order valence-electron chi connectivity index (χ4n) is 3.63. The second-order valence-electron chi connectivity index (χ2n) is 6.74. The average Bonchev–Trinajstić information content (AvgIpc) is 3.13. The number of aromatic nitrogens is 1. The molecule has 0 radical (unpaired) electrons. The first-order chi connectivity index (χ1) is 11.8. The summed E-state index contributed by atoms with van der Waals surface area (Å²) >= 11 is 6.09. The van der Waals surface area contributed by atoms with Crippen LogP contribution in [0.4, 0.5) is 5.69 Å². The van der Waals surface area contributed by atoms with Crippen molar-refractivity contribution in [2.24, 2.45) is 5.92 Å². The minimum absolute atomic E-state index is 0.379. The first-order valence-corrected chi connectivity index (χ1v) is 9.16. The molecular formula is C19H23ClN2O2. The molecule has 0 spiro atoms. The predicted octanol–water partition coefficient (Wildman–Crippen LogP) is 3.91. The van der Waals surface area contributed by atoms with E-state index in [0.29, 0.717) is 12.0 Å². The Morgan fingerprint density at radius 2 is 2.08 bits per heavy atom. The highest BCUT2D eigenvalue weighted by Crippen LogP contribution is 2.30. The lowest BCUT2D eigenvalue weighted by molar-refractivity contribution is 0.0132. The summed E-state index contributed by atoms with van der Waals surface area (Å²) in [5, 5.41) is 1.90. The largest absolute Gasteiger partial charge is 0.381 e. The molecule has 1 aromatic heterocycles. The van der Waals surface area contributed by atoms with Gasteiger partial charge in [0.2, 0.25) is 0 Å². The van der Waals surface area contributed by atoms with E-state index in [2.05, 4.69) is 22.0 Å². The molecule has 128 valence electrons. The van der Waals surface area contributed by atoms with Crippen LogP contribution in [0.25, 0.3) is 10.9 Å². The Morgan fingerprint density at radius 1 is 1.21 bits per heavy atom. The third-order valence-corrected chi connectivity index (χ3v) is 5.29. The fourth-order valence-corrected chi connectivity index (χ4v) is 3.80. The van der Waals surface area contributed by atoms with Gasteiger partial charge in [0.05, 0.1) is 24.8 Å². The smallest absolute Gasteiger partial charge is 0.0737 e. The topological polar surface area (TPSA) is 34.6 Å². The number of pyridine rings is 1. The molecule has 4 nitrogen and oxygen atoms in total. The maximum atomic E-state index is 6.12. The van der Waals surface area contributed by atoms with E-state index in [1.165, 1.54) is 11.1 Å². The van der Waals surface area contributed by atoms with Crippen LogP contribution in [-0.4, -0.2) is 44.0 Å². The summed E-state index contributed by atoms with van der Waals surface area (Å²) in [5.74, 6) is 0.594. The van der Waals surface area contributed by atoms with Crippen molar-refractivity contribution in [3.05, 3.63) is 35.5 Å². The van der Waals surface area contributed by atoms with Crippen LogP contribution in [0.15, 0.2) is 30.5 Å². The van der Waals surface area contributed by atoms with Crippen LogP contribution in [0.5, 0.6) is 0 Å². The molecule has 0 N–H and O–H groups in total. The molecule has 24 heavy (non-hydrogen) atoms. The molecule has 0 saturated carbocycles. The lowest BCUT2D eigenvalue weighted by Crippen LogP contribution is -2.37. The van der Waals surface area contributed by atoms with Crippen molar-refractivity contribution in [1.29, 1.82) is 0 Å². The van der Waals surface area contributed by atoms with E-state index in [1.807, 2.05) is 18.3 Å². The molecule has 1 unspecified atom stereocenters. The Hall–Kier alpha value is -1.36. The van der Waals surface area contributed by atoms with E-state index in [0.717, 1.165) is 62.7 Å². The van der Waals surface area contributed by atoms with Gasteiger partial charge in [0.25, 0.3) is 0 Å². The van der Waals surface area contributed by atoms with Gasteiger partial charge in [-0.3, -0.25) is 4.98 Å². The van der Waals surface area contributed by atoms with E-state index < -0.39 is 0 Å². The number of hydrogen-bond donors (Lipinski definition) is 0. The van der Waals surface area contributed by atoms with Crippen molar-refractivity contribution >= 4 is 28.2 Å². The van der Waals surface area contributed by atoms with E-state index in [-0.39, 0.29) is 0 Å². The van der Waals surface area contributed by atoms with E-state index >= 15 is 0 Å². The highest BCUT2D eigenvalue weighted by atomic mass is 35.5. The van der Waals surface area contributed by atoms with Gasteiger partial charge in [0.15, 0.2) is 0 Å². The zero-order chi connectivity index (χ0) is 16.4. The van der Waals surface area contributed by atoms with E-state index in [1.54, 1.807) is 0 Å². The number of hydrogen-bond acceptors (Lipinski definition) is 4. The fraction of sp³-hybridized carbons (Fsp3) is 0.526. The molecule has 4 rings (SSSR count). The van der Waals surface area contributed by atoms with Crippen molar-refractivity contribution in [2.45, 2.75) is 25.4 Å². The first-order valence-electron chi connectivity index (χ1n) is 8.78. The highest BCUT2D eigenvalue weighted by molar-refractivity contribution is 6.31. The van der Waals surface area contributed by atoms with Gasteiger partial charge in [-0.2, -0.15) is 0 Å². The molecule has 1 atom stereocenters. The van der Waals surface area contributed by atoms with Crippen molar-refractivity contribution < 1.29 is 9.47 Å². The summed E-state index contributed by atoms with van der Waals surface area (Å²) in [6.07, 6.45) is 5.54. The highest BCUT2D eigenvalue weighted by Gasteiger charge is 2.23. The molecule has 2 aromatic rings. The number of fused-ring (bicyclic) bond motifs is 1. The SMILES string of the molecule is Clc1ccc2c(N3CCC(OCC4CCOC4)CC3)ccnc2c1. The molecule has 2 saturated heterocycles. The maximum absolute atomic E-state index is 6.12. The van der Waals surface area contributed by atoms with Crippen molar-refractivity contribution in [3.63, 3.8) is 0 Å². The zero-order valence-corrected chi connectivity index (χ0v) is 14.5. The first kappa shape index (κ1) is 16.1. The lowest BCUT2D eigenvalue weighted by atomic mass is 10.0. The van der Waals surface area contributed by atoms with Gasteiger partial charge in [-0.05, 0) is 43.5 Å². The van der Waals surface area contributed by atoms with Gasteiger partial charge in [-0.1, -0.05) is 11.6 Å². The van der Waals surface area contributed by atoms with Gasteiger partial charge in [0, 0.05) is 47.9 Å². The summed E-state index contributed by atoms with van der Waals surface area (Å²) in [6.45, 7) is 4.65. The Balaban J connectivity index is 1.39. The molecule has 2 fully saturated rings. The number of ether oxygens (including phenoxy) is 2. The van der Waals surface area contributed by atoms with Crippen LogP contribution in [0.3, 0.4) is 0 Å². The third-order valence-electron chi connectivity index (χ3n) is 5.06. The Kier molecular flexibility index (Phi) is 4.88. The van der Waals surface area contributed by atoms with E-state index in [9.17, 15) is 0 Å². The standard InChI is InChI=1S/C19H23ClN2O2/c20-15-1-2-17-18(11-15)21-7-3-19(17)22-8-4-16(5-9-22)24-13-14-6-10-23-12-14/h1-3,7,11,14,16H,4-6,8-10,12-13H2. The third kappa shape index (κ3) is 3.51. The van der Waals surface area contributed by atoms with Gasteiger partial charge in [-0.25, -0.2) is 0 Å². The second kappa shape index (κ2) is 7.26. The summed E-state index contributed by atoms with van der Waals surface area (Å²) in [4.78, 5) is 6.88. The monoisotopic (exact) mass is 346 g/mol. The minimum Gasteiger partial charge on any atom is -0.381 e. The van der Waals surface area contributed by atoms with Crippen molar-refractivity contribution in [1.82, 2.24) is 4.98 Å². The van der Waals surface area contributed by atoms with Crippen LogP contribution in [0.1, 0.15) is 19.3 Å². The Bertz CT molecular complexity index is 695. The van der Waals surface area contributed by atoms with Crippen LogP contribution < -0.4 is 4.90 Å². The van der Waals surface area contributed by atoms with E-state index in [4.69, 9.17) is 21.1 Å². The summed E-state index contributed by atoms with van der Waals surface area (Å²) in [7, 11) is 0. The van der Waals surface area contributed by atoms with Gasteiger partial charge < -0.3 is 14.4 Å². The summed E-state index contributed by atoms with van der Waals surface area (Å²) in [6, 6.07) is 8.05. The number of nitrogens with zero attached hydrogens (tertiary/aromatic N) is 2. The van der Waals surface area contributed by atoms with Crippen LogP contribution in [-0.2, 0) is 9.47 Å². The molecule has 3 heterocycles. The lowest BCUT2D eigenvalue weighted by Gasteiger charge is -2.34. The van der Waals surface area contributed by atoms with Crippen LogP contribution in [0.2, 0.25) is 5.02 Å². The molecule has 2 aliphatic heterocycles. The van der Waals surface area contributed by atoms with Gasteiger partial charge in [-0.15, -0.1) is 0 Å². The van der Waals surface area contributed by atoms with Crippen LogP contribution >= 0.6 is 11.6 Å². The van der Waals surface area contributed by atoms with Gasteiger partial charge in [0.1, 0.15) is 0 Å². The van der Waals surface area contributed by atoms with Crippen LogP contribution in [0, 0.1) is 5.92 Å². The predicted molar refractivity (Wildman–Crippen MR) is 96.9 cm³/mol. The Morgan fingerprint density at radius 3 is 2.88 bits per heavy atom. The summed E-state index contributed by atoms with van der Waals surface area (Å²) < 4.78 is 11.5. The van der Waals surface area contributed by atoms with Crippen molar-refractivity contribution in [2.75, 3.05) is 37.8 Å². The molecule has 5 heteroatoms. The van der Waals surface area contributed by atoms with Gasteiger partial charge >= 0.3 is 0 Å². The molecular weight excluding hydrogens is 324 g/mol. The van der Waals surface area contributed by atoms with Crippen molar-refractivity contribution in [3.8, 4) is 0 Å². The number of anilines is 1. The molecule has 2 aliphatic rings. The zero-order valence-electron chi connectivity index (χ0n) is 13.8. The molecule has 1 aromatic carbocycles. The second-order valence-corrected chi connectivity index (χ2v) is 7.18. The average molecular weight is 347 g/mol. The maximum Gasteiger partial charge on any atom is 0.0737 e. The molecule has 0 aliphatic carbocycles. The molecule has 0 bridgehead atoms. The summed E-state index contributed by atoms with van der Waals surface area (Å²) in [5.41, 5.74) is 2.21. The number of benzene rings is 1. The molecule has 0 amide bonds. The number of piperidine rings is 1. The number of rotatable bonds is 4. The normalized spacial score (nSPS) is 22.4. The quantitative estimate of drug-likeness (QED) is 0.840. The number of halogens is 1. The minimum atomic E-state index is 0.379.